The first-order valence-electron chi connectivity index (χ1n) is 16.1. The highest BCUT2D eigenvalue weighted by Gasteiger charge is 2.45. The fourth-order valence-electron chi connectivity index (χ4n) is 4.68. The smallest absolute Gasteiger partial charge is 0.143 e. The fourth-order valence-corrected chi connectivity index (χ4v) is 4.68. The molecule has 6 heteroatoms. The third-order valence-electron chi connectivity index (χ3n) is 6.73. The van der Waals surface area contributed by atoms with E-state index in [4.69, 9.17) is 0 Å². The Bertz CT molecular complexity index is 719. The molecule has 4 atom stereocenters. The summed E-state index contributed by atoms with van der Waals surface area (Å²) < 4.78 is 0. The van der Waals surface area contributed by atoms with Gasteiger partial charge in [0.25, 0.3) is 0 Å². The van der Waals surface area contributed by atoms with Crippen molar-refractivity contribution in [3.05, 3.63) is 0 Å². The lowest BCUT2D eigenvalue weighted by Crippen LogP contribution is -2.39. The van der Waals surface area contributed by atoms with E-state index >= 15 is 0 Å². The summed E-state index contributed by atoms with van der Waals surface area (Å²) in [4.78, 5) is 49.3. The van der Waals surface area contributed by atoms with Crippen LogP contribution >= 0.6 is 0 Å². The number of hydrogen-bond acceptors (Lipinski definition) is 6. The zero-order valence-electron chi connectivity index (χ0n) is 30.9. The first-order valence-corrected chi connectivity index (χ1v) is 16.1. The Hall–Kier alpha value is -1.40. The van der Waals surface area contributed by atoms with Crippen LogP contribution in [-0.2, 0) is 19.2 Å². The van der Waals surface area contributed by atoms with Gasteiger partial charge in [-0.3, -0.25) is 19.2 Å². The van der Waals surface area contributed by atoms with Crippen LogP contribution < -0.4 is 10.6 Å². The molecule has 2 fully saturated rings. The average molecular weight is 595 g/mol. The van der Waals surface area contributed by atoms with Gasteiger partial charge in [-0.2, -0.15) is 0 Å². The fraction of sp³-hybridized carbons (Fsp3) is 0.889. The molecular formula is C36H70N2O4. The van der Waals surface area contributed by atoms with E-state index in [9.17, 15) is 19.2 Å². The van der Waals surface area contributed by atoms with Crippen LogP contribution in [-0.4, -0.2) is 49.3 Å². The molecule has 248 valence electrons. The second-order valence-electron chi connectivity index (χ2n) is 17.7. The molecule has 0 aliphatic carbocycles. The number of ketones is 4. The lowest BCUT2D eigenvalue weighted by atomic mass is 9.73. The molecular weight excluding hydrogens is 524 g/mol. The van der Waals surface area contributed by atoms with Crippen LogP contribution in [0.15, 0.2) is 0 Å². The van der Waals surface area contributed by atoms with E-state index in [1.165, 1.54) is 0 Å². The Kier molecular flexibility index (Phi) is 17.5. The monoisotopic (exact) mass is 595 g/mol. The molecule has 0 bridgehead atoms. The molecule has 0 aromatic carbocycles. The Morgan fingerprint density at radius 3 is 0.619 bits per heavy atom. The number of carbonyl (C=O) groups excluding carboxylic acids is 4. The molecule has 42 heavy (non-hydrogen) atoms. The van der Waals surface area contributed by atoms with Crippen LogP contribution in [0.1, 0.15) is 125 Å². The van der Waals surface area contributed by atoms with Crippen molar-refractivity contribution in [3.8, 4) is 0 Å². The molecule has 2 saturated heterocycles. The molecule has 2 aliphatic heterocycles. The van der Waals surface area contributed by atoms with Gasteiger partial charge in [0.1, 0.15) is 23.1 Å². The first-order chi connectivity index (χ1) is 18.6. The topological polar surface area (TPSA) is 92.3 Å². The maximum Gasteiger partial charge on any atom is 0.143 e. The quantitative estimate of drug-likeness (QED) is 0.352. The predicted molar refractivity (Wildman–Crippen MR) is 179 cm³/mol. The van der Waals surface area contributed by atoms with E-state index in [1.807, 2.05) is 83.1 Å². The second kappa shape index (κ2) is 17.2. The van der Waals surface area contributed by atoms with Gasteiger partial charge < -0.3 is 10.6 Å². The summed E-state index contributed by atoms with van der Waals surface area (Å²) in [7, 11) is 0. The van der Waals surface area contributed by atoms with Gasteiger partial charge >= 0.3 is 0 Å². The van der Waals surface area contributed by atoms with Gasteiger partial charge in [-0.05, 0) is 11.8 Å². The van der Waals surface area contributed by atoms with E-state index in [0.29, 0.717) is 26.2 Å². The molecule has 0 unspecified atom stereocenters. The van der Waals surface area contributed by atoms with Crippen LogP contribution in [0.5, 0.6) is 0 Å². The molecule has 2 aliphatic rings. The van der Waals surface area contributed by atoms with E-state index in [0.717, 1.165) is 11.8 Å². The minimum atomic E-state index is -0.368. The van der Waals surface area contributed by atoms with Gasteiger partial charge in [-0.1, -0.05) is 125 Å². The molecule has 0 spiro atoms. The minimum absolute atomic E-state index is 0.151. The molecule has 0 saturated carbocycles. The Morgan fingerprint density at radius 2 is 0.524 bits per heavy atom. The summed E-state index contributed by atoms with van der Waals surface area (Å²) in [5, 5.41) is 6.37. The molecule has 2 heterocycles. The van der Waals surface area contributed by atoms with Gasteiger partial charge in [0.2, 0.25) is 0 Å². The average Bonchev–Trinajstić information content (AvgIpc) is 3.43. The maximum atomic E-state index is 12.3. The lowest BCUT2D eigenvalue weighted by molar-refractivity contribution is -0.138. The van der Waals surface area contributed by atoms with Gasteiger partial charge in [0.05, 0.1) is 0 Å². The zero-order valence-corrected chi connectivity index (χ0v) is 30.9. The molecule has 0 aromatic heterocycles. The van der Waals surface area contributed by atoms with E-state index < -0.39 is 0 Å². The lowest BCUT2D eigenvalue weighted by Gasteiger charge is -2.28. The number of rotatable bonds is 4. The highest BCUT2D eigenvalue weighted by molar-refractivity contribution is 5.96. The van der Waals surface area contributed by atoms with Crippen molar-refractivity contribution in [2.24, 2.45) is 57.2 Å². The van der Waals surface area contributed by atoms with E-state index in [-0.39, 0.29) is 68.5 Å². The van der Waals surface area contributed by atoms with Gasteiger partial charge in [-0.15, -0.1) is 0 Å². The normalized spacial score (nSPS) is 22.8. The maximum absolute atomic E-state index is 12.3. The summed E-state index contributed by atoms with van der Waals surface area (Å²) in [6.07, 6.45) is 0. The number of nitrogens with one attached hydrogen (secondary N) is 2. The molecule has 0 aromatic rings. The van der Waals surface area contributed by atoms with Gasteiger partial charge in [-0.25, -0.2) is 0 Å². The van der Waals surface area contributed by atoms with Crippen LogP contribution in [0.25, 0.3) is 0 Å². The Balaban J connectivity index is 0. The van der Waals surface area contributed by atoms with Crippen molar-refractivity contribution in [2.45, 2.75) is 125 Å². The van der Waals surface area contributed by atoms with Crippen LogP contribution in [0.2, 0.25) is 0 Å². The third kappa shape index (κ3) is 15.9. The zero-order chi connectivity index (χ0) is 34.0. The SMILES string of the molecule is CC(C)(C)C(=O)[C@@H]1CNC[C@H]1C(=O)C(C)(C)C.CC(C)(C)C(=O)[C@H]1CNC[C@@H]1C(=O)C(C)(C)C.CC(C)C.CC(C)C. The predicted octanol–water partition coefficient (Wildman–Crippen LogP) is 7.43. The number of carbonyl (C=O) groups is 4. The largest absolute Gasteiger partial charge is 0.315 e. The van der Waals surface area contributed by atoms with Crippen molar-refractivity contribution in [1.82, 2.24) is 10.6 Å². The minimum Gasteiger partial charge on any atom is -0.315 e. The summed E-state index contributed by atoms with van der Waals surface area (Å²) in [6.45, 7) is 38.6. The highest BCUT2D eigenvalue weighted by atomic mass is 16.1. The number of hydrogen-bond donors (Lipinski definition) is 2. The van der Waals surface area contributed by atoms with Crippen molar-refractivity contribution < 1.29 is 19.2 Å². The van der Waals surface area contributed by atoms with Crippen molar-refractivity contribution in [1.29, 1.82) is 0 Å². The highest BCUT2D eigenvalue weighted by Crippen LogP contribution is 2.33. The second-order valence-corrected chi connectivity index (χ2v) is 17.7. The molecule has 2 rings (SSSR count). The molecule has 0 amide bonds. The van der Waals surface area contributed by atoms with Crippen molar-refractivity contribution in [3.63, 3.8) is 0 Å². The number of Topliss-reactive ketones (excluding diaryl/α,β-unsaturated/α-hetero) is 4. The Labute approximate surface area is 260 Å². The van der Waals surface area contributed by atoms with Crippen molar-refractivity contribution in [2.75, 3.05) is 26.2 Å². The Morgan fingerprint density at radius 1 is 0.405 bits per heavy atom. The summed E-state index contributed by atoms with van der Waals surface area (Å²) in [5.74, 6) is 1.86. The van der Waals surface area contributed by atoms with Crippen LogP contribution in [0, 0.1) is 57.2 Å². The first kappa shape index (κ1) is 42.7. The van der Waals surface area contributed by atoms with E-state index in [1.54, 1.807) is 0 Å². The summed E-state index contributed by atoms with van der Waals surface area (Å²) >= 11 is 0. The standard InChI is InChI=1S/2C14H25NO2.2C4H10/c2*1-13(2,3)11(16)9-7-15-8-10(9)12(17)14(4,5)6;2*1-4(2)3/h2*9-10,15H,7-8H2,1-6H3;2*4H,1-3H3/t2*9-,10-;;/m10../s1. The van der Waals surface area contributed by atoms with Crippen molar-refractivity contribution >= 4 is 23.1 Å². The molecule has 0 radical (unpaired) electrons. The van der Waals surface area contributed by atoms with Crippen LogP contribution in [0.3, 0.4) is 0 Å². The molecule has 2 N–H and O–H groups in total. The van der Waals surface area contributed by atoms with Gasteiger partial charge in [0, 0.05) is 71.5 Å². The molecule has 6 nitrogen and oxygen atoms in total. The van der Waals surface area contributed by atoms with Crippen LogP contribution in [0.4, 0.5) is 0 Å². The summed E-state index contributed by atoms with van der Waals surface area (Å²) in [6, 6.07) is 0. The summed E-state index contributed by atoms with van der Waals surface area (Å²) in [5.41, 5.74) is -1.47. The third-order valence-corrected chi connectivity index (χ3v) is 6.73. The van der Waals surface area contributed by atoms with E-state index in [2.05, 4.69) is 52.2 Å². The van der Waals surface area contributed by atoms with Gasteiger partial charge in [0.15, 0.2) is 0 Å².